The summed E-state index contributed by atoms with van der Waals surface area (Å²) in [4.78, 5) is 32.7. The fourth-order valence-electron chi connectivity index (χ4n) is 3.75. The van der Waals surface area contributed by atoms with Crippen LogP contribution in [0.25, 0.3) is 5.76 Å². The molecule has 3 rings (SSSR count). The highest BCUT2D eigenvalue weighted by molar-refractivity contribution is 7.89. The topological polar surface area (TPSA) is 112 Å². The van der Waals surface area contributed by atoms with Gasteiger partial charge in [0.15, 0.2) is 0 Å². The highest BCUT2D eigenvalue weighted by atomic mass is 32.2. The molecule has 0 saturated carbocycles. The number of rotatable bonds is 8. The Morgan fingerprint density at radius 1 is 1.15 bits per heavy atom. The van der Waals surface area contributed by atoms with Crippen LogP contribution in [0.15, 0.2) is 59.3 Å². The summed E-state index contributed by atoms with van der Waals surface area (Å²) in [5.41, 5.74) is 0.827. The van der Waals surface area contributed by atoms with Crippen LogP contribution in [0.4, 0.5) is 0 Å². The molecule has 0 aliphatic carbocycles. The third-order valence-electron chi connectivity index (χ3n) is 5.52. The van der Waals surface area contributed by atoms with Crippen molar-refractivity contribution in [3.63, 3.8) is 0 Å². The van der Waals surface area contributed by atoms with Crippen molar-refractivity contribution >= 4 is 27.5 Å². The van der Waals surface area contributed by atoms with Gasteiger partial charge in [0, 0.05) is 45.0 Å². The molecule has 2 aromatic rings. The highest BCUT2D eigenvalue weighted by Gasteiger charge is 2.46. The number of aliphatic hydroxyl groups is 1. The van der Waals surface area contributed by atoms with Crippen molar-refractivity contribution in [3.8, 4) is 0 Å². The van der Waals surface area contributed by atoms with E-state index >= 15 is 0 Å². The van der Waals surface area contributed by atoms with E-state index in [4.69, 9.17) is 0 Å². The van der Waals surface area contributed by atoms with Crippen LogP contribution in [0.2, 0.25) is 0 Å². The lowest BCUT2D eigenvalue weighted by atomic mass is 9.96. The van der Waals surface area contributed by atoms with E-state index in [1.54, 1.807) is 24.5 Å². The Hall–Kier alpha value is -3.08. The van der Waals surface area contributed by atoms with Crippen molar-refractivity contribution in [2.75, 3.05) is 41.3 Å². The van der Waals surface area contributed by atoms with Gasteiger partial charge in [-0.15, -0.1) is 0 Å². The summed E-state index contributed by atoms with van der Waals surface area (Å²) in [6.45, 7) is 1.16. The van der Waals surface area contributed by atoms with Gasteiger partial charge in [0.25, 0.3) is 11.7 Å². The first-order chi connectivity index (χ1) is 15.6. The van der Waals surface area contributed by atoms with E-state index in [1.165, 1.54) is 48.2 Å². The predicted molar refractivity (Wildman–Crippen MR) is 123 cm³/mol. The smallest absolute Gasteiger partial charge is 0.295 e. The molecule has 1 unspecified atom stereocenters. The van der Waals surface area contributed by atoms with Crippen LogP contribution in [0.5, 0.6) is 0 Å². The monoisotopic (exact) mass is 473 g/mol. The molecular formula is C23H29N4O5S+. The van der Waals surface area contributed by atoms with E-state index in [9.17, 15) is 23.1 Å². The van der Waals surface area contributed by atoms with E-state index in [-0.39, 0.29) is 21.8 Å². The van der Waals surface area contributed by atoms with Crippen molar-refractivity contribution in [1.82, 2.24) is 14.2 Å². The summed E-state index contributed by atoms with van der Waals surface area (Å²) in [6, 6.07) is 8.26. The molecule has 1 fully saturated rings. The maximum absolute atomic E-state index is 13.0. The molecule has 1 aromatic heterocycles. The Morgan fingerprint density at radius 2 is 1.82 bits per heavy atom. The number of nitrogens with zero attached hydrogens (tertiary/aromatic N) is 3. The van der Waals surface area contributed by atoms with Gasteiger partial charge >= 0.3 is 0 Å². The normalized spacial score (nSPS) is 18.5. The number of hydrogen-bond acceptors (Lipinski definition) is 6. The molecule has 2 heterocycles. The van der Waals surface area contributed by atoms with Gasteiger partial charge < -0.3 is 14.9 Å². The molecule has 0 radical (unpaired) electrons. The molecule has 0 spiro atoms. The first-order valence-electron chi connectivity index (χ1n) is 10.6. The number of amides is 1. The molecule has 1 atom stereocenters. The standard InChI is InChI=1S/C23H28N4O5S/c1-25(2)13-6-14-27-20(17-7-5-12-24-15-17)19(22(29)23(27)30)21(28)16-8-10-18(11-9-16)33(31,32)26(3)4/h5,7-12,15,20,28H,6,13-14H2,1-4H3/p+1. The number of carbonyl (C=O) groups is 2. The Balaban J connectivity index is 2.06. The largest absolute Gasteiger partial charge is 0.507 e. The van der Waals surface area contributed by atoms with Crippen LogP contribution in [0, 0.1) is 0 Å². The van der Waals surface area contributed by atoms with Crippen LogP contribution >= 0.6 is 0 Å². The molecule has 1 saturated heterocycles. The Kier molecular flexibility index (Phi) is 7.31. The van der Waals surface area contributed by atoms with Gasteiger partial charge in [0.1, 0.15) is 5.76 Å². The van der Waals surface area contributed by atoms with Crippen LogP contribution in [-0.2, 0) is 19.6 Å². The number of quaternary nitrogens is 1. The van der Waals surface area contributed by atoms with Gasteiger partial charge in [0.05, 0.1) is 37.2 Å². The molecule has 1 amide bonds. The number of aliphatic hydroxyl groups excluding tert-OH is 1. The third-order valence-corrected chi connectivity index (χ3v) is 7.35. The van der Waals surface area contributed by atoms with Gasteiger partial charge in [-0.3, -0.25) is 14.6 Å². The molecule has 33 heavy (non-hydrogen) atoms. The minimum absolute atomic E-state index is 0.0339. The highest BCUT2D eigenvalue weighted by Crippen LogP contribution is 2.39. The zero-order chi connectivity index (χ0) is 24.3. The lowest BCUT2D eigenvalue weighted by Gasteiger charge is -2.25. The minimum atomic E-state index is -3.64. The summed E-state index contributed by atoms with van der Waals surface area (Å²) in [7, 11) is 3.23. The van der Waals surface area contributed by atoms with Crippen molar-refractivity contribution < 1.29 is 28.0 Å². The second-order valence-corrected chi connectivity index (χ2v) is 10.6. The van der Waals surface area contributed by atoms with Crippen LogP contribution in [0.3, 0.4) is 0 Å². The fraction of sp³-hybridized carbons (Fsp3) is 0.348. The van der Waals surface area contributed by atoms with E-state index < -0.39 is 27.8 Å². The number of ketones is 1. The van der Waals surface area contributed by atoms with Crippen molar-refractivity contribution in [2.45, 2.75) is 17.4 Å². The zero-order valence-electron chi connectivity index (χ0n) is 19.1. The first kappa shape index (κ1) is 24.6. The summed E-state index contributed by atoms with van der Waals surface area (Å²) >= 11 is 0. The quantitative estimate of drug-likeness (QED) is 0.324. The van der Waals surface area contributed by atoms with E-state index in [0.717, 1.165) is 10.8 Å². The van der Waals surface area contributed by atoms with E-state index in [0.29, 0.717) is 18.5 Å². The number of aromatic nitrogens is 1. The van der Waals surface area contributed by atoms with Crippen molar-refractivity contribution in [3.05, 3.63) is 65.5 Å². The first-order valence-corrected chi connectivity index (χ1v) is 12.0. The third kappa shape index (κ3) is 4.97. The predicted octanol–water partition coefficient (Wildman–Crippen LogP) is 0.288. The number of pyridine rings is 1. The molecule has 176 valence electrons. The van der Waals surface area contributed by atoms with Gasteiger partial charge in [-0.2, -0.15) is 0 Å². The maximum Gasteiger partial charge on any atom is 0.295 e. The molecule has 1 aromatic carbocycles. The molecule has 1 aliphatic rings. The Morgan fingerprint density at radius 3 is 2.36 bits per heavy atom. The molecule has 2 N–H and O–H groups in total. The summed E-state index contributed by atoms with van der Waals surface area (Å²) in [5, 5.41) is 11.1. The molecule has 10 heteroatoms. The number of nitrogens with one attached hydrogen (secondary N) is 1. The van der Waals surface area contributed by atoms with Gasteiger partial charge in [-0.25, -0.2) is 12.7 Å². The molecule has 1 aliphatic heterocycles. The van der Waals surface area contributed by atoms with Gasteiger partial charge in [-0.1, -0.05) is 6.07 Å². The minimum Gasteiger partial charge on any atom is -0.507 e. The van der Waals surface area contributed by atoms with Gasteiger partial charge in [0.2, 0.25) is 10.0 Å². The lowest BCUT2D eigenvalue weighted by Crippen LogP contribution is -3.05. The van der Waals surface area contributed by atoms with E-state index in [2.05, 4.69) is 4.98 Å². The lowest BCUT2D eigenvalue weighted by molar-refractivity contribution is -0.858. The fourth-order valence-corrected chi connectivity index (χ4v) is 4.65. The number of benzene rings is 1. The van der Waals surface area contributed by atoms with Crippen molar-refractivity contribution in [2.24, 2.45) is 0 Å². The zero-order valence-corrected chi connectivity index (χ0v) is 20.0. The second kappa shape index (κ2) is 9.82. The number of likely N-dealkylation sites (tertiary alicyclic amines) is 1. The summed E-state index contributed by atoms with van der Waals surface area (Å²) in [5.74, 6) is -1.80. The SMILES string of the molecule is CN(C)S(=O)(=O)c1ccc(C(O)=C2C(=O)C(=O)N(CCC[NH+](C)C)C2c2cccnc2)cc1. The number of Topliss-reactive ketones (excluding diaryl/α,β-unsaturated/α-hetero) is 1. The average Bonchev–Trinajstić information content (AvgIpc) is 3.04. The van der Waals surface area contributed by atoms with Crippen molar-refractivity contribution in [1.29, 1.82) is 0 Å². The molecule has 9 nitrogen and oxygen atoms in total. The van der Waals surface area contributed by atoms with Gasteiger partial charge in [-0.05, 0) is 35.9 Å². The Bertz CT molecular complexity index is 1160. The summed E-state index contributed by atoms with van der Waals surface area (Å²) < 4.78 is 25.7. The van der Waals surface area contributed by atoms with Crippen LogP contribution < -0.4 is 4.90 Å². The molecular weight excluding hydrogens is 444 g/mol. The van der Waals surface area contributed by atoms with Crippen LogP contribution in [-0.4, -0.2) is 80.7 Å². The second-order valence-electron chi connectivity index (χ2n) is 8.40. The number of carbonyl (C=O) groups excluding carboxylic acids is 2. The average molecular weight is 474 g/mol. The van der Waals surface area contributed by atoms with Crippen LogP contribution in [0.1, 0.15) is 23.6 Å². The number of hydrogen-bond donors (Lipinski definition) is 2. The molecule has 0 bridgehead atoms. The van der Waals surface area contributed by atoms with E-state index in [1.807, 2.05) is 14.1 Å². The maximum atomic E-state index is 13.0. The Labute approximate surface area is 194 Å². The number of sulfonamides is 1. The summed E-state index contributed by atoms with van der Waals surface area (Å²) in [6.07, 6.45) is 3.85.